The monoisotopic (exact) mass is 345 g/mol. The third-order valence-corrected chi connectivity index (χ3v) is 4.20. The Balaban J connectivity index is 2.17. The Hall–Kier alpha value is -0.530. The summed E-state index contributed by atoms with van der Waals surface area (Å²) >= 11 is 3.21. The van der Waals surface area contributed by atoms with E-state index in [-0.39, 0.29) is 18.0 Å². The predicted molar refractivity (Wildman–Crippen MR) is 80.6 cm³/mol. The Labute approximate surface area is 127 Å². The lowest BCUT2D eigenvalue weighted by molar-refractivity contribution is -0.0476. The summed E-state index contributed by atoms with van der Waals surface area (Å²) in [4.78, 5) is 2.33. The van der Waals surface area contributed by atoms with Crippen molar-refractivity contribution in [2.75, 3.05) is 26.2 Å². The number of hydrazine groups is 1. The molecule has 1 aromatic rings. The molecule has 1 aliphatic rings. The maximum atomic E-state index is 14.2. The van der Waals surface area contributed by atoms with Gasteiger partial charge in [-0.1, -0.05) is 19.1 Å². The van der Waals surface area contributed by atoms with Crippen molar-refractivity contribution in [1.82, 2.24) is 10.3 Å². The lowest BCUT2D eigenvalue weighted by Gasteiger charge is -2.37. The first-order chi connectivity index (χ1) is 9.67. The molecule has 1 aromatic carbocycles. The van der Waals surface area contributed by atoms with E-state index in [1.54, 1.807) is 18.2 Å². The van der Waals surface area contributed by atoms with E-state index in [4.69, 9.17) is 10.6 Å². The number of morpholine rings is 1. The molecule has 112 valence electrons. The second-order valence-corrected chi connectivity index (χ2v) is 5.85. The van der Waals surface area contributed by atoms with Gasteiger partial charge >= 0.3 is 0 Å². The zero-order valence-corrected chi connectivity index (χ0v) is 13.2. The van der Waals surface area contributed by atoms with Gasteiger partial charge in [0.1, 0.15) is 5.82 Å². The Kier molecular flexibility index (Phi) is 5.92. The third-order valence-electron chi connectivity index (χ3n) is 3.59. The van der Waals surface area contributed by atoms with Gasteiger partial charge in [-0.05, 0) is 35.0 Å². The van der Waals surface area contributed by atoms with Gasteiger partial charge in [0.15, 0.2) is 0 Å². The molecule has 0 spiro atoms. The van der Waals surface area contributed by atoms with E-state index in [0.29, 0.717) is 16.6 Å². The molecule has 2 rings (SSSR count). The van der Waals surface area contributed by atoms with Crippen LogP contribution >= 0.6 is 15.9 Å². The van der Waals surface area contributed by atoms with Crippen LogP contribution in [0.15, 0.2) is 22.7 Å². The molecule has 6 heteroatoms. The van der Waals surface area contributed by atoms with Gasteiger partial charge in [-0.2, -0.15) is 0 Å². The average Bonchev–Trinajstić information content (AvgIpc) is 2.45. The number of rotatable bonds is 5. The Morgan fingerprint density at radius 3 is 3.10 bits per heavy atom. The molecule has 1 fully saturated rings. The Morgan fingerprint density at radius 1 is 1.60 bits per heavy atom. The number of halogens is 2. The fourth-order valence-electron chi connectivity index (χ4n) is 2.61. The molecule has 0 aliphatic carbocycles. The minimum Gasteiger partial charge on any atom is -0.374 e. The zero-order chi connectivity index (χ0) is 14.5. The lowest BCUT2D eigenvalue weighted by Crippen LogP contribution is -2.49. The summed E-state index contributed by atoms with van der Waals surface area (Å²) in [5.74, 6) is 5.36. The van der Waals surface area contributed by atoms with Crippen molar-refractivity contribution in [1.29, 1.82) is 0 Å². The van der Waals surface area contributed by atoms with Crippen LogP contribution in [-0.2, 0) is 4.74 Å². The predicted octanol–water partition coefficient (Wildman–Crippen LogP) is 2.20. The average molecular weight is 346 g/mol. The molecule has 0 radical (unpaired) electrons. The van der Waals surface area contributed by atoms with Crippen LogP contribution < -0.4 is 11.3 Å². The maximum absolute atomic E-state index is 14.2. The van der Waals surface area contributed by atoms with E-state index in [0.717, 1.165) is 26.1 Å². The highest BCUT2D eigenvalue weighted by molar-refractivity contribution is 9.10. The fraction of sp³-hybridized carbons (Fsp3) is 0.571. The van der Waals surface area contributed by atoms with Gasteiger partial charge in [0, 0.05) is 18.7 Å². The number of ether oxygens (including phenoxy) is 1. The summed E-state index contributed by atoms with van der Waals surface area (Å²) in [6.45, 7) is 5.50. The van der Waals surface area contributed by atoms with Crippen LogP contribution in [0.1, 0.15) is 24.9 Å². The number of hydrogen-bond donors (Lipinski definition) is 2. The molecule has 20 heavy (non-hydrogen) atoms. The smallest absolute Gasteiger partial charge is 0.142 e. The topological polar surface area (TPSA) is 50.5 Å². The van der Waals surface area contributed by atoms with Crippen LogP contribution in [0.25, 0.3) is 0 Å². The number of nitrogens with one attached hydrogen (secondary N) is 1. The van der Waals surface area contributed by atoms with Crippen molar-refractivity contribution < 1.29 is 9.13 Å². The van der Waals surface area contributed by atoms with Gasteiger partial charge in [-0.15, -0.1) is 0 Å². The van der Waals surface area contributed by atoms with Crippen LogP contribution in [0.2, 0.25) is 0 Å². The molecule has 3 N–H and O–H groups in total. The summed E-state index contributed by atoms with van der Waals surface area (Å²) in [5.41, 5.74) is 3.24. The standard InChI is InChI=1S/C14H21BrFN3O/c1-2-6-19-7-8-20-12(9-19)14(18-17)10-4-3-5-11(15)13(10)16/h3-5,12,14,18H,2,6-9,17H2,1H3. The molecule has 1 saturated heterocycles. The summed E-state index contributed by atoms with van der Waals surface area (Å²) in [5, 5.41) is 0. The first kappa shape index (κ1) is 15.9. The molecule has 0 amide bonds. The van der Waals surface area contributed by atoms with Crippen molar-refractivity contribution in [3.8, 4) is 0 Å². The molecule has 0 saturated carbocycles. The second kappa shape index (κ2) is 7.47. The van der Waals surface area contributed by atoms with Crippen molar-refractivity contribution in [3.05, 3.63) is 34.1 Å². The SMILES string of the molecule is CCCN1CCOC(C(NN)c2cccc(Br)c2F)C1. The zero-order valence-electron chi connectivity index (χ0n) is 11.6. The normalized spacial score (nSPS) is 21.9. The third kappa shape index (κ3) is 3.56. The van der Waals surface area contributed by atoms with E-state index in [2.05, 4.69) is 33.2 Å². The summed E-state index contributed by atoms with van der Waals surface area (Å²) in [6, 6.07) is 4.87. The van der Waals surface area contributed by atoms with Gasteiger partial charge in [0.2, 0.25) is 0 Å². The van der Waals surface area contributed by atoms with Gasteiger partial charge in [0.25, 0.3) is 0 Å². The molecule has 2 unspecified atom stereocenters. The molecular formula is C14H21BrFN3O. The highest BCUT2D eigenvalue weighted by atomic mass is 79.9. The lowest BCUT2D eigenvalue weighted by atomic mass is 10.00. The highest BCUT2D eigenvalue weighted by Gasteiger charge is 2.30. The van der Waals surface area contributed by atoms with E-state index >= 15 is 0 Å². The summed E-state index contributed by atoms with van der Waals surface area (Å²) in [6.07, 6.45) is 0.947. The Morgan fingerprint density at radius 2 is 2.40 bits per heavy atom. The first-order valence-corrected chi connectivity index (χ1v) is 7.70. The minimum atomic E-state index is -0.354. The molecular weight excluding hydrogens is 325 g/mol. The van der Waals surface area contributed by atoms with Gasteiger partial charge < -0.3 is 4.74 Å². The maximum Gasteiger partial charge on any atom is 0.142 e. The molecule has 1 heterocycles. The van der Waals surface area contributed by atoms with E-state index in [9.17, 15) is 4.39 Å². The van der Waals surface area contributed by atoms with Crippen molar-refractivity contribution in [2.45, 2.75) is 25.5 Å². The minimum absolute atomic E-state index is 0.149. The summed E-state index contributed by atoms with van der Waals surface area (Å²) in [7, 11) is 0. The van der Waals surface area contributed by atoms with Crippen LogP contribution in [0.3, 0.4) is 0 Å². The van der Waals surface area contributed by atoms with Gasteiger partial charge in [-0.25, -0.2) is 4.39 Å². The Bertz CT molecular complexity index is 444. The fourth-order valence-corrected chi connectivity index (χ4v) is 2.99. The van der Waals surface area contributed by atoms with Gasteiger partial charge in [0.05, 0.1) is 23.2 Å². The first-order valence-electron chi connectivity index (χ1n) is 6.91. The quantitative estimate of drug-likeness (QED) is 0.634. The van der Waals surface area contributed by atoms with E-state index < -0.39 is 0 Å². The summed E-state index contributed by atoms with van der Waals surface area (Å²) < 4.78 is 20.5. The molecule has 4 nitrogen and oxygen atoms in total. The van der Waals surface area contributed by atoms with Crippen molar-refractivity contribution >= 4 is 15.9 Å². The van der Waals surface area contributed by atoms with E-state index in [1.807, 2.05) is 0 Å². The molecule has 0 bridgehead atoms. The van der Waals surface area contributed by atoms with Crippen molar-refractivity contribution in [2.24, 2.45) is 5.84 Å². The molecule has 2 atom stereocenters. The molecule has 0 aromatic heterocycles. The number of nitrogens with zero attached hydrogens (tertiary/aromatic N) is 1. The van der Waals surface area contributed by atoms with Crippen LogP contribution in [0.5, 0.6) is 0 Å². The number of benzene rings is 1. The van der Waals surface area contributed by atoms with Crippen molar-refractivity contribution in [3.63, 3.8) is 0 Å². The number of hydrogen-bond acceptors (Lipinski definition) is 4. The number of nitrogens with two attached hydrogens (primary N) is 1. The highest BCUT2D eigenvalue weighted by Crippen LogP contribution is 2.28. The van der Waals surface area contributed by atoms with Crippen LogP contribution in [-0.4, -0.2) is 37.2 Å². The second-order valence-electron chi connectivity index (χ2n) is 5.00. The van der Waals surface area contributed by atoms with Crippen LogP contribution in [0.4, 0.5) is 4.39 Å². The molecule has 1 aliphatic heterocycles. The van der Waals surface area contributed by atoms with Crippen LogP contribution in [0, 0.1) is 5.82 Å². The van der Waals surface area contributed by atoms with Gasteiger partial charge in [-0.3, -0.25) is 16.2 Å². The largest absolute Gasteiger partial charge is 0.374 e. The van der Waals surface area contributed by atoms with E-state index in [1.165, 1.54) is 0 Å².